The highest BCUT2D eigenvalue weighted by Gasteiger charge is 2.15. The van der Waals surface area contributed by atoms with Crippen LogP contribution in [0.15, 0.2) is 61.8 Å². The van der Waals surface area contributed by atoms with Gasteiger partial charge in [0.1, 0.15) is 0 Å². The number of aryl methyl sites for hydroxylation is 2. The van der Waals surface area contributed by atoms with Crippen LogP contribution in [-0.2, 0) is 0 Å². The maximum atomic E-state index is 12.8. The molecule has 2 aromatic rings. The van der Waals surface area contributed by atoms with Crippen molar-refractivity contribution in [1.82, 2.24) is 15.5 Å². The van der Waals surface area contributed by atoms with Crippen LogP contribution < -0.4 is 10.6 Å². The van der Waals surface area contributed by atoms with Crippen LogP contribution >= 0.6 is 0 Å². The Balaban J connectivity index is 1.96. The average molecular weight is 456 g/mol. The number of carbonyl (C=O) groups is 1. The van der Waals surface area contributed by atoms with E-state index in [1.165, 1.54) is 0 Å². The first-order chi connectivity index (χ1) is 16.1. The Labute approximate surface area is 205 Å². The smallest absolute Gasteiger partial charge is 0.251 e. The SMILES string of the molecule is C#Cc1ccc(C(=C)NCC(C)CNC(=O)c2ccc(C)c(C(=C)N(CC)C(=C)C)c2)cc1C. The van der Waals surface area contributed by atoms with Crippen LogP contribution in [0.5, 0.6) is 0 Å². The Bertz CT molecular complexity index is 1140. The highest BCUT2D eigenvalue weighted by molar-refractivity contribution is 5.95. The van der Waals surface area contributed by atoms with Crippen molar-refractivity contribution in [2.75, 3.05) is 19.6 Å². The van der Waals surface area contributed by atoms with Gasteiger partial charge in [0.05, 0.1) is 0 Å². The number of terminal acetylenes is 1. The summed E-state index contributed by atoms with van der Waals surface area (Å²) in [6.45, 7) is 24.5. The molecule has 0 bridgehead atoms. The minimum Gasteiger partial charge on any atom is -0.385 e. The Morgan fingerprint density at radius 1 is 1.03 bits per heavy atom. The fourth-order valence-corrected chi connectivity index (χ4v) is 3.76. The van der Waals surface area contributed by atoms with E-state index in [0.29, 0.717) is 18.7 Å². The number of nitrogens with one attached hydrogen (secondary N) is 2. The van der Waals surface area contributed by atoms with E-state index in [-0.39, 0.29) is 11.8 Å². The van der Waals surface area contributed by atoms with Crippen LogP contribution in [0.3, 0.4) is 0 Å². The molecule has 0 radical (unpaired) electrons. The molecule has 0 fully saturated rings. The number of amides is 1. The number of hydrogen-bond donors (Lipinski definition) is 2. The van der Waals surface area contributed by atoms with E-state index < -0.39 is 0 Å². The maximum absolute atomic E-state index is 12.8. The zero-order valence-electron chi connectivity index (χ0n) is 21.2. The van der Waals surface area contributed by atoms with Crippen LogP contribution in [0.4, 0.5) is 0 Å². The summed E-state index contributed by atoms with van der Waals surface area (Å²) in [5.41, 5.74) is 8.20. The zero-order chi connectivity index (χ0) is 25.4. The highest BCUT2D eigenvalue weighted by atomic mass is 16.1. The molecule has 2 N–H and O–H groups in total. The lowest BCUT2D eigenvalue weighted by atomic mass is 10.0. The molecule has 1 amide bonds. The van der Waals surface area contributed by atoms with Gasteiger partial charge in [0.25, 0.3) is 5.91 Å². The van der Waals surface area contributed by atoms with Crippen molar-refractivity contribution in [3.8, 4) is 12.3 Å². The fraction of sp³-hybridized carbons (Fsp3) is 0.300. The van der Waals surface area contributed by atoms with E-state index in [1.54, 1.807) is 0 Å². The van der Waals surface area contributed by atoms with E-state index in [0.717, 1.165) is 51.5 Å². The monoisotopic (exact) mass is 455 g/mol. The number of hydrogen-bond acceptors (Lipinski definition) is 3. The summed E-state index contributed by atoms with van der Waals surface area (Å²) in [6, 6.07) is 11.7. The van der Waals surface area contributed by atoms with Gasteiger partial charge < -0.3 is 15.5 Å². The summed E-state index contributed by atoms with van der Waals surface area (Å²) < 4.78 is 0. The summed E-state index contributed by atoms with van der Waals surface area (Å²) in [5.74, 6) is 2.79. The van der Waals surface area contributed by atoms with Gasteiger partial charge in [-0.25, -0.2) is 0 Å². The highest BCUT2D eigenvalue weighted by Crippen LogP contribution is 2.25. The molecule has 4 heteroatoms. The van der Waals surface area contributed by atoms with Gasteiger partial charge in [0.15, 0.2) is 0 Å². The van der Waals surface area contributed by atoms with E-state index in [9.17, 15) is 4.79 Å². The van der Waals surface area contributed by atoms with Gasteiger partial charge in [-0.1, -0.05) is 44.7 Å². The van der Waals surface area contributed by atoms with Gasteiger partial charge in [0.2, 0.25) is 0 Å². The predicted octanol–water partition coefficient (Wildman–Crippen LogP) is 5.74. The molecule has 0 aliphatic carbocycles. The Hall–Kier alpha value is -3.71. The number of nitrogens with zero attached hydrogens (tertiary/aromatic N) is 1. The van der Waals surface area contributed by atoms with E-state index in [4.69, 9.17) is 6.42 Å². The number of benzene rings is 2. The summed E-state index contributed by atoms with van der Waals surface area (Å²) in [5, 5.41) is 6.41. The predicted molar refractivity (Wildman–Crippen MR) is 145 cm³/mol. The lowest BCUT2D eigenvalue weighted by Crippen LogP contribution is -2.32. The molecule has 2 rings (SSSR count). The Morgan fingerprint density at radius 2 is 1.68 bits per heavy atom. The third-order valence-corrected chi connectivity index (χ3v) is 5.92. The zero-order valence-corrected chi connectivity index (χ0v) is 21.2. The second-order valence-electron chi connectivity index (χ2n) is 8.80. The van der Waals surface area contributed by atoms with Crippen LogP contribution in [0.25, 0.3) is 11.4 Å². The first-order valence-electron chi connectivity index (χ1n) is 11.6. The first-order valence-corrected chi connectivity index (χ1v) is 11.6. The van der Waals surface area contributed by atoms with Crippen molar-refractivity contribution in [2.45, 2.75) is 34.6 Å². The molecule has 0 aromatic heterocycles. The molecule has 0 saturated carbocycles. The van der Waals surface area contributed by atoms with Crippen LogP contribution in [0.1, 0.15) is 58.9 Å². The molecule has 1 unspecified atom stereocenters. The van der Waals surface area contributed by atoms with Gasteiger partial charge in [0, 0.05) is 53.4 Å². The third kappa shape index (κ3) is 6.65. The van der Waals surface area contributed by atoms with E-state index >= 15 is 0 Å². The minimum atomic E-state index is -0.0985. The molecular formula is C30H37N3O. The van der Waals surface area contributed by atoms with Crippen molar-refractivity contribution in [1.29, 1.82) is 0 Å². The number of allylic oxidation sites excluding steroid dienone is 1. The standard InChI is InChI=1S/C30H37N3O/c1-10-26-14-15-27(16-23(26)7)24(8)31-18-21(5)19-32-30(34)28-13-12-22(6)29(17-28)25(9)33(11-2)20(3)4/h1,12-17,21,31H,3,8-9,11,18-19H2,2,4-7H3,(H,32,34). The lowest BCUT2D eigenvalue weighted by Gasteiger charge is -2.26. The van der Waals surface area contributed by atoms with E-state index in [2.05, 4.69) is 50.1 Å². The summed E-state index contributed by atoms with van der Waals surface area (Å²) in [4.78, 5) is 14.9. The largest absolute Gasteiger partial charge is 0.385 e. The fourth-order valence-electron chi connectivity index (χ4n) is 3.76. The topological polar surface area (TPSA) is 44.4 Å². The van der Waals surface area contributed by atoms with Crippen molar-refractivity contribution in [3.05, 3.63) is 95.2 Å². The number of carbonyl (C=O) groups excluding carboxylic acids is 1. The van der Waals surface area contributed by atoms with Gasteiger partial charge in [-0.2, -0.15) is 0 Å². The minimum absolute atomic E-state index is 0.0985. The lowest BCUT2D eigenvalue weighted by molar-refractivity contribution is 0.0948. The van der Waals surface area contributed by atoms with Crippen LogP contribution in [-0.4, -0.2) is 30.4 Å². The van der Waals surface area contributed by atoms with Crippen LogP contribution in [0.2, 0.25) is 0 Å². The van der Waals surface area contributed by atoms with Crippen molar-refractivity contribution >= 4 is 17.3 Å². The molecular weight excluding hydrogens is 418 g/mol. The molecule has 0 saturated heterocycles. The van der Waals surface area contributed by atoms with Gasteiger partial charge >= 0.3 is 0 Å². The molecule has 1 atom stereocenters. The Morgan fingerprint density at radius 3 is 2.26 bits per heavy atom. The molecule has 0 heterocycles. The van der Waals surface area contributed by atoms with Gasteiger partial charge in [-0.15, -0.1) is 6.42 Å². The quantitative estimate of drug-likeness (QED) is 0.425. The molecule has 0 aliphatic rings. The third-order valence-electron chi connectivity index (χ3n) is 5.92. The molecule has 0 aliphatic heterocycles. The molecule has 4 nitrogen and oxygen atoms in total. The molecule has 178 valence electrons. The number of rotatable bonds is 11. The molecule has 0 spiro atoms. The second kappa shape index (κ2) is 12.0. The maximum Gasteiger partial charge on any atom is 0.251 e. The summed E-state index contributed by atoms with van der Waals surface area (Å²) in [6.07, 6.45) is 5.50. The normalized spacial score (nSPS) is 11.2. The van der Waals surface area contributed by atoms with E-state index in [1.807, 2.05) is 62.1 Å². The summed E-state index contributed by atoms with van der Waals surface area (Å²) >= 11 is 0. The van der Waals surface area contributed by atoms with Crippen molar-refractivity contribution in [3.63, 3.8) is 0 Å². The van der Waals surface area contributed by atoms with Crippen LogP contribution in [0, 0.1) is 32.1 Å². The Kier molecular flexibility index (Phi) is 9.33. The molecule has 34 heavy (non-hydrogen) atoms. The van der Waals surface area contributed by atoms with Crippen molar-refractivity contribution in [2.24, 2.45) is 5.92 Å². The average Bonchev–Trinajstić information content (AvgIpc) is 2.81. The van der Waals surface area contributed by atoms with Gasteiger partial charge in [-0.3, -0.25) is 4.79 Å². The van der Waals surface area contributed by atoms with Gasteiger partial charge in [-0.05, 0) is 74.6 Å². The summed E-state index contributed by atoms with van der Waals surface area (Å²) in [7, 11) is 0. The second-order valence-corrected chi connectivity index (χ2v) is 8.80. The van der Waals surface area contributed by atoms with Crippen molar-refractivity contribution < 1.29 is 4.79 Å². The first kappa shape index (κ1) is 26.5. The molecule has 2 aromatic carbocycles.